The van der Waals surface area contributed by atoms with Gasteiger partial charge in [-0.2, -0.15) is 0 Å². The van der Waals surface area contributed by atoms with Gasteiger partial charge in [-0.25, -0.2) is 0 Å². The Morgan fingerprint density at radius 2 is 1.43 bits per heavy atom. The van der Waals surface area contributed by atoms with E-state index in [4.69, 9.17) is 34.8 Å². The second-order valence-electron chi connectivity index (χ2n) is 4.92. The monoisotopic (exact) mass is 468 g/mol. The molecule has 0 aliphatic rings. The lowest BCUT2D eigenvalue weighted by Crippen LogP contribution is -2.33. The molecule has 2 rings (SSSR count). The lowest BCUT2D eigenvalue weighted by atomic mass is 9.79. The maximum Gasteiger partial charge on any atom is 0.0624 e. The van der Waals surface area contributed by atoms with Gasteiger partial charge in [0, 0.05) is 21.1 Å². The Morgan fingerprint density at radius 1 is 0.810 bits per heavy atom. The Kier molecular flexibility index (Phi) is 6.46. The molecule has 2 aromatic rings. The van der Waals surface area contributed by atoms with E-state index in [1.54, 1.807) is 6.07 Å². The standard InChI is InChI=1S/C16H13Br2Cl3/c17-9-16(10-18,12-5-1-2-6-13(12)19)8-11-4-3-7-14(20)15(11)21/h1-7H,8-10H2. The van der Waals surface area contributed by atoms with Crippen molar-refractivity contribution in [2.24, 2.45) is 0 Å². The fourth-order valence-corrected chi connectivity index (χ4v) is 4.96. The average molecular weight is 471 g/mol. The third kappa shape index (κ3) is 3.79. The molecule has 5 heteroatoms. The van der Waals surface area contributed by atoms with Gasteiger partial charge in [0.15, 0.2) is 0 Å². The third-order valence-electron chi connectivity index (χ3n) is 3.52. The van der Waals surface area contributed by atoms with Crippen LogP contribution in [0.3, 0.4) is 0 Å². The number of alkyl halides is 2. The zero-order valence-corrected chi connectivity index (χ0v) is 16.5. The molecule has 2 aromatic carbocycles. The molecule has 21 heavy (non-hydrogen) atoms. The maximum absolute atomic E-state index is 6.40. The highest BCUT2D eigenvalue weighted by Crippen LogP contribution is 2.39. The molecule has 0 amide bonds. The van der Waals surface area contributed by atoms with Crippen LogP contribution in [-0.2, 0) is 11.8 Å². The first-order valence-corrected chi connectivity index (χ1v) is 9.71. The van der Waals surface area contributed by atoms with Crippen molar-refractivity contribution in [1.82, 2.24) is 0 Å². The van der Waals surface area contributed by atoms with E-state index in [1.807, 2.05) is 30.3 Å². The Morgan fingerprint density at radius 3 is 2.05 bits per heavy atom. The van der Waals surface area contributed by atoms with Crippen LogP contribution in [-0.4, -0.2) is 10.7 Å². The lowest BCUT2D eigenvalue weighted by molar-refractivity contribution is 0.551. The van der Waals surface area contributed by atoms with Crippen LogP contribution in [0, 0.1) is 0 Å². The van der Waals surface area contributed by atoms with Gasteiger partial charge in [-0.3, -0.25) is 0 Å². The van der Waals surface area contributed by atoms with Crippen LogP contribution in [0.5, 0.6) is 0 Å². The molecule has 0 heterocycles. The Bertz CT molecular complexity index is 625. The minimum Gasteiger partial charge on any atom is -0.0918 e. The van der Waals surface area contributed by atoms with Crippen molar-refractivity contribution in [2.45, 2.75) is 11.8 Å². The van der Waals surface area contributed by atoms with E-state index < -0.39 is 0 Å². The van der Waals surface area contributed by atoms with Crippen molar-refractivity contribution in [3.8, 4) is 0 Å². The van der Waals surface area contributed by atoms with E-state index in [1.165, 1.54) is 0 Å². The van der Waals surface area contributed by atoms with Crippen molar-refractivity contribution in [3.63, 3.8) is 0 Å². The third-order valence-corrected chi connectivity index (χ3v) is 6.85. The Balaban J connectivity index is 2.49. The van der Waals surface area contributed by atoms with Gasteiger partial charge < -0.3 is 0 Å². The predicted molar refractivity (Wildman–Crippen MR) is 101 cm³/mol. The first-order chi connectivity index (χ1) is 10.0. The molecule has 0 spiro atoms. The molecule has 0 nitrogen and oxygen atoms in total. The highest BCUT2D eigenvalue weighted by Gasteiger charge is 2.33. The van der Waals surface area contributed by atoms with Gasteiger partial charge in [-0.05, 0) is 29.7 Å². The molecule has 0 aliphatic heterocycles. The fraction of sp³-hybridized carbons (Fsp3) is 0.250. The number of hydrogen-bond donors (Lipinski definition) is 0. The van der Waals surface area contributed by atoms with E-state index in [9.17, 15) is 0 Å². The van der Waals surface area contributed by atoms with E-state index in [-0.39, 0.29) is 5.41 Å². The van der Waals surface area contributed by atoms with Crippen LogP contribution < -0.4 is 0 Å². The number of rotatable bonds is 5. The number of halogens is 5. The van der Waals surface area contributed by atoms with Gasteiger partial charge in [-0.1, -0.05) is 97.0 Å². The number of benzene rings is 2. The molecule has 0 saturated heterocycles. The topological polar surface area (TPSA) is 0 Å². The van der Waals surface area contributed by atoms with Crippen LogP contribution in [0.2, 0.25) is 15.1 Å². The highest BCUT2D eigenvalue weighted by atomic mass is 79.9. The molecule has 0 N–H and O–H groups in total. The highest BCUT2D eigenvalue weighted by molar-refractivity contribution is 9.09. The summed E-state index contributed by atoms with van der Waals surface area (Å²) in [4.78, 5) is 0. The van der Waals surface area contributed by atoms with Crippen LogP contribution >= 0.6 is 66.7 Å². The minimum absolute atomic E-state index is 0.188. The summed E-state index contributed by atoms with van der Waals surface area (Å²) in [7, 11) is 0. The molecule has 0 unspecified atom stereocenters. The zero-order chi connectivity index (χ0) is 15.5. The molecule has 112 valence electrons. The molecule has 0 bridgehead atoms. The minimum atomic E-state index is -0.188. The van der Waals surface area contributed by atoms with Gasteiger partial charge in [0.2, 0.25) is 0 Å². The molecular weight excluding hydrogens is 458 g/mol. The Labute approximate surface area is 157 Å². The summed E-state index contributed by atoms with van der Waals surface area (Å²) in [5.74, 6) is 0. The quantitative estimate of drug-likeness (QED) is 0.416. The molecule has 0 saturated carbocycles. The first kappa shape index (κ1) is 17.6. The largest absolute Gasteiger partial charge is 0.0918 e. The fourth-order valence-electron chi connectivity index (χ4n) is 2.31. The Hall–Kier alpha value is 0.270. The van der Waals surface area contributed by atoms with Gasteiger partial charge >= 0.3 is 0 Å². The zero-order valence-electron chi connectivity index (χ0n) is 11.1. The van der Waals surface area contributed by atoms with Gasteiger partial charge in [-0.15, -0.1) is 0 Å². The van der Waals surface area contributed by atoms with Crippen LogP contribution in [0.25, 0.3) is 0 Å². The SMILES string of the molecule is Clc1ccccc1C(CBr)(CBr)Cc1cccc(Cl)c1Cl. The summed E-state index contributed by atoms with van der Waals surface area (Å²) in [6, 6.07) is 13.6. The normalized spacial score (nSPS) is 11.7. The molecule has 0 radical (unpaired) electrons. The molecule has 0 aliphatic carbocycles. The first-order valence-electron chi connectivity index (χ1n) is 6.34. The lowest BCUT2D eigenvalue weighted by Gasteiger charge is -2.32. The smallest absolute Gasteiger partial charge is 0.0624 e. The van der Waals surface area contributed by atoms with Crippen molar-refractivity contribution < 1.29 is 0 Å². The van der Waals surface area contributed by atoms with E-state index in [2.05, 4.69) is 37.9 Å². The van der Waals surface area contributed by atoms with Crippen molar-refractivity contribution in [2.75, 3.05) is 10.7 Å². The van der Waals surface area contributed by atoms with Crippen LogP contribution in [0.1, 0.15) is 11.1 Å². The average Bonchev–Trinajstić information content (AvgIpc) is 2.50. The molecule has 0 aromatic heterocycles. The van der Waals surface area contributed by atoms with Crippen molar-refractivity contribution in [3.05, 3.63) is 68.7 Å². The summed E-state index contributed by atoms with van der Waals surface area (Å²) in [5, 5.41) is 3.47. The van der Waals surface area contributed by atoms with E-state index >= 15 is 0 Å². The van der Waals surface area contributed by atoms with Gasteiger partial charge in [0.25, 0.3) is 0 Å². The van der Waals surface area contributed by atoms with Gasteiger partial charge in [0.1, 0.15) is 0 Å². The van der Waals surface area contributed by atoms with E-state index in [0.29, 0.717) is 10.0 Å². The summed E-state index contributed by atoms with van der Waals surface area (Å²) in [5.41, 5.74) is 1.92. The van der Waals surface area contributed by atoms with Crippen LogP contribution in [0.4, 0.5) is 0 Å². The summed E-state index contributed by atoms with van der Waals surface area (Å²) in [6.07, 6.45) is 0.743. The van der Waals surface area contributed by atoms with E-state index in [0.717, 1.165) is 33.2 Å². The molecule has 0 atom stereocenters. The van der Waals surface area contributed by atoms with Crippen molar-refractivity contribution >= 4 is 66.7 Å². The van der Waals surface area contributed by atoms with Crippen molar-refractivity contribution in [1.29, 1.82) is 0 Å². The van der Waals surface area contributed by atoms with Gasteiger partial charge in [0.05, 0.1) is 10.0 Å². The summed E-state index contributed by atoms with van der Waals surface area (Å²) in [6.45, 7) is 0. The van der Waals surface area contributed by atoms with Crippen LogP contribution in [0.15, 0.2) is 42.5 Å². The second-order valence-corrected chi connectivity index (χ2v) is 7.23. The summed E-state index contributed by atoms with van der Waals surface area (Å²) >= 11 is 26.2. The number of hydrogen-bond acceptors (Lipinski definition) is 0. The maximum atomic E-state index is 6.40. The molecular formula is C16H13Br2Cl3. The predicted octanol–water partition coefficient (Wildman–Crippen LogP) is 6.92. The second kappa shape index (κ2) is 7.70. The summed E-state index contributed by atoms with van der Waals surface area (Å²) < 4.78 is 0. The molecule has 0 fully saturated rings.